The molecule has 0 radical (unpaired) electrons. The maximum absolute atomic E-state index is 13.8. The molecule has 4 aromatic rings. The Labute approximate surface area is 216 Å². The third-order valence-electron chi connectivity index (χ3n) is 6.36. The molecule has 0 aliphatic rings. The molecule has 1 amide bonds. The van der Waals surface area contributed by atoms with Gasteiger partial charge in [-0.3, -0.25) is 18.6 Å². The number of benzene rings is 3. The van der Waals surface area contributed by atoms with E-state index in [4.69, 9.17) is 0 Å². The summed E-state index contributed by atoms with van der Waals surface area (Å²) in [6.07, 6.45) is 0.581. The van der Waals surface area contributed by atoms with E-state index in [2.05, 4.69) is 5.32 Å². The second-order valence-corrected chi connectivity index (χ2v) is 10.7. The van der Waals surface area contributed by atoms with E-state index in [0.717, 1.165) is 15.4 Å². The van der Waals surface area contributed by atoms with Crippen molar-refractivity contribution < 1.29 is 13.2 Å². The van der Waals surface area contributed by atoms with Gasteiger partial charge in [-0.25, -0.2) is 13.1 Å². The van der Waals surface area contributed by atoms with Gasteiger partial charge in [0, 0.05) is 7.05 Å². The number of aromatic nitrogens is 2. The van der Waals surface area contributed by atoms with Crippen molar-refractivity contribution in [2.75, 3.05) is 16.2 Å². The van der Waals surface area contributed by atoms with Crippen LogP contribution in [-0.4, -0.2) is 30.2 Å². The van der Waals surface area contributed by atoms with Crippen molar-refractivity contribution in [1.29, 1.82) is 0 Å². The van der Waals surface area contributed by atoms with Gasteiger partial charge in [-0.15, -0.1) is 0 Å². The molecule has 0 spiro atoms. The molecule has 0 saturated carbocycles. The zero-order valence-electron chi connectivity index (χ0n) is 21.3. The third-order valence-corrected chi connectivity index (χ3v) is 8.13. The average molecular weight is 519 g/mol. The van der Waals surface area contributed by atoms with Gasteiger partial charge in [-0.2, -0.15) is 0 Å². The Morgan fingerprint density at radius 3 is 2.19 bits per heavy atom. The summed E-state index contributed by atoms with van der Waals surface area (Å²) in [5, 5.41) is 2.68. The molecule has 1 heterocycles. The van der Waals surface area contributed by atoms with Gasteiger partial charge >= 0.3 is 0 Å². The molecule has 0 unspecified atom stereocenters. The minimum atomic E-state index is -4.07. The predicted octanol–water partition coefficient (Wildman–Crippen LogP) is 4.19. The molecule has 1 aromatic heterocycles. The van der Waals surface area contributed by atoms with Crippen molar-refractivity contribution in [2.24, 2.45) is 7.05 Å². The molecule has 0 bridgehead atoms. The standard InChI is InChI=1S/C28H30N4O4S/c1-5-22-11-9-10-14-25(22)31(37(35,36)24-17-15-20(2)16-18-24)19-26(33)29-27-21(3)30(4)32(28(27)34)23-12-7-6-8-13-23/h6-18H,5,19H2,1-4H3,(H,29,33). The fourth-order valence-corrected chi connectivity index (χ4v) is 5.67. The fraction of sp³-hybridized carbons (Fsp3) is 0.214. The van der Waals surface area contributed by atoms with Crippen LogP contribution >= 0.6 is 0 Å². The number of nitrogens with one attached hydrogen (secondary N) is 1. The van der Waals surface area contributed by atoms with Crippen LogP contribution in [0.3, 0.4) is 0 Å². The molecule has 0 atom stereocenters. The number of aryl methyl sites for hydroxylation is 2. The van der Waals surface area contributed by atoms with Gasteiger partial charge in [0.05, 0.1) is 22.0 Å². The Hall–Kier alpha value is -4.11. The van der Waals surface area contributed by atoms with E-state index in [-0.39, 0.29) is 10.6 Å². The van der Waals surface area contributed by atoms with E-state index in [1.54, 1.807) is 55.1 Å². The first kappa shape index (κ1) is 26.0. The van der Waals surface area contributed by atoms with Crippen molar-refractivity contribution in [3.05, 3.63) is 106 Å². The zero-order chi connectivity index (χ0) is 26.7. The number of sulfonamides is 1. The summed E-state index contributed by atoms with van der Waals surface area (Å²) in [6, 6.07) is 22.7. The van der Waals surface area contributed by atoms with Crippen molar-refractivity contribution in [1.82, 2.24) is 9.36 Å². The van der Waals surface area contributed by atoms with E-state index in [1.807, 2.05) is 44.2 Å². The molecule has 0 fully saturated rings. The lowest BCUT2D eigenvalue weighted by atomic mass is 10.1. The molecule has 1 N–H and O–H groups in total. The number of carbonyl (C=O) groups is 1. The molecule has 9 heteroatoms. The van der Waals surface area contributed by atoms with Crippen LogP contribution in [0.2, 0.25) is 0 Å². The molecule has 0 saturated heterocycles. The summed E-state index contributed by atoms with van der Waals surface area (Å²) < 4.78 is 31.7. The SMILES string of the molecule is CCc1ccccc1N(CC(=O)Nc1c(C)n(C)n(-c2ccccc2)c1=O)S(=O)(=O)c1ccc(C)cc1. The number of hydrogen-bond acceptors (Lipinski definition) is 4. The predicted molar refractivity (Wildman–Crippen MR) is 146 cm³/mol. The quantitative estimate of drug-likeness (QED) is 0.379. The number of nitrogens with zero attached hydrogens (tertiary/aromatic N) is 3. The molecular formula is C28H30N4O4S. The van der Waals surface area contributed by atoms with E-state index in [1.165, 1.54) is 16.8 Å². The van der Waals surface area contributed by atoms with Crippen molar-refractivity contribution in [2.45, 2.75) is 32.1 Å². The zero-order valence-corrected chi connectivity index (χ0v) is 22.1. The minimum absolute atomic E-state index is 0.0825. The van der Waals surface area contributed by atoms with Gasteiger partial charge in [0.25, 0.3) is 15.6 Å². The second-order valence-electron chi connectivity index (χ2n) is 8.79. The average Bonchev–Trinajstić information content (AvgIpc) is 3.10. The highest BCUT2D eigenvalue weighted by atomic mass is 32.2. The van der Waals surface area contributed by atoms with Crippen LogP contribution in [0.25, 0.3) is 5.69 Å². The number of rotatable bonds is 8. The lowest BCUT2D eigenvalue weighted by Crippen LogP contribution is -2.39. The molecule has 8 nitrogen and oxygen atoms in total. The third kappa shape index (κ3) is 5.08. The van der Waals surface area contributed by atoms with Crippen LogP contribution in [0.4, 0.5) is 11.4 Å². The number of anilines is 2. The van der Waals surface area contributed by atoms with Gasteiger partial charge in [0.2, 0.25) is 5.91 Å². The highest BCUT2D eigenvalue weighted by Gasteiger charge is 2.29. The Kier molecular flexibility index (Phi) is 7.35. The van der Waals surface area contributed by atoms with E-state index in [0.29, 0.717) is 23.5 Å². The largest absolute Gasteiger partial charge is 0.318 e. The van der Waals surface area contributed by atoms with E-state index < -0.39 is 28.0 Å². The summed E-state index contributed by atoms with van der Waals surface area (Å²) in [6.45, 7) is 5.03. The summed E-state index contributed by atoms with van der Waals surface area (Å²) in [4.78, 5) is 26.6. The van der Waals surface area contributed by atoms with E-state index >= 15 is 0 Å². The lowest BCUT2D eigenvalue weighted by molar-refractivity contribution is -0.114. The fourth-order valence-electron chi connectivity index (χ4n) is 4.21. The topological polar surface area (TPSA) is 93.4 Å². The molecule has 4 rings (SSSR count). The van der Waals surface area contributed by atoms with Crippen LogP contribution in [0, 0.1) is 13.8 Å². The maximum Gasteiger partial charge on any atom is 0.295 e. The summed E-state index contributed by atoms with van der Waals surface area (Å²) in [5.41, 5.74) is 3.03. The molecule has 3 aromatic carbocycles. The summed E-state index contributed by atoms with van der Waals surface area (Å²) in [5.74, 6) is -0.618. The van der Waals surface area contributed by atoms with E-state index in [9.17, 15) is 18.0 Å². The Bertz CT molecular complexity index is 1590. The van der Waals surface area contributed by atoms with Crippen LogP contribution in [0.5, 0.6) is 0 Å². The van der Waals surface area contributed by atoms with Gasteiger partial charge in [0.1, 0.15) is 12.2 Å². The maximum atomic E-state index is 13.8. The van der Waals surface area contributed by atoms with Crippen molar-refractivity contribution in [3.63, 3.8) is 0 Å². The first-order chi connectivity index (χ1) is 17.6. The smallest absolute Gasteiger partial charge is 0.295 e. The van der Waals surface area contributed by atoms with Crippen LogP contribution in [0.15, 0.2) is 88.6 Å². The van der Waals surface area contributed by atoms with Crippen LogP contribution in [-0.2, 0) is 28.3 Å². The Morgan fingerprint density at radius 1 is 0.919 bits per heavy atom. The molecule has 192 valence electrons. The Morgan fingerprint density at radius 2 is 1.54 bits per heavy atom. The van der Waals surface area contributed by atoms with Gasteiger partial charge in [-0.1, -0.05) is 61.0 Å². The van der Waals surface area contributed by atoms with Gasteiger partial charge in [0.15, 0.2) is 0 Å². The molecular weight excluding hydrogens is 488 g/mol. The molecule has 0 aliphatic carbocycles. The van der Waals surface area contributed by atoms with Gasteiger partial charge < -0.3 is 5.32 Å². The minimum Gasteiger partial charge on any atom is -0.318 e. The number of amides is 1. The molecule has 37 heavy (non-hydrogen) atoms. The number of hydrogen-bond donors (Lipinski definition) is 1. The van der Waals surface area contributed by atoms with Crippen LogP contribution < -0.4 is 15.2 Å². The lowest BCUT2D eigenvalue weighted by Gasteiger charge is -2.26. The highest BCUT2D eigenvalue weighted by molar-refractivity contribution is 7.92. The molecule has 0 aliphatic heterocycles. The summed E-state index contributed by atoms with van der Waals surface area (Å²) >= 11 is 0. The normalized spacial score (nSPS) is 11.4. The monoisotopic (exact) mass is 518 g/mol. The number of para-hydroxylation sites is 2. The number of carbonyl (C=O) groups excluding carboxylic acids is 1. The van der Waals surface area contributed by atoms with Crippen LogP contribution in [0.1, 0.15) is 23.7 Å². The summed E-state index contributed by atoms with van der Waals surface area (Å²) in [7, 11) is -2.35. The second kappa shape index (κ2) is 10.5. The van der Waals surface area contributed by atoms with Crippen molar-refractivity contribution in [3.8, 4) is 5.69 Å². The first-order valence-electron chi connectivity index (χ1n) is 12.0. The Balaban J connectivity index is 1.72. The first-order valence-corrected chi connectivity index (χ1v) is 13.4. The van der Waals surface area contributed by atoms with Gasteiger partial charge in [-0.05, 0) is 56.2 Å². The van der Waals surface area contributed by atoms with Crippen molar-refractivity contribution >= 4 is 27.3 Å². The highest BCUT2D eigenvalue weighted by Crippen LogP contribution is 2.28.